The smallest absolute Gasteiger partial charge is 0.253 e. The maximum absolute atomic E-state index is 13.0. The van der Waals surface area contributed by atoms with Crippen molar-refractivity contribution in [1.82, 2.24) is 20.0 Å². The Balaban J connectivity index is 1.55. The predicted octanol–water partition coefficient (Wildman–Crippen LogP) is 2.23. The average Bonchev–Trinajstić information content (AvgIpc) is 2.76. The van der Waals surface area contributed by atoms with E-state index >= 15 is 0 Å². The molecular weight excluding hydrogens is 328 g/mol. The number of nitrogens with one attached hydrogen (secondary N) is 1. The molecule has 6 nitrogen and oxygen atoms in total. The van der Waals surface area contributed by atoms with Crippen molar-refractivity contribution in [3.05, 3.63) is 47.3 Å². The summed E-state index contributed by atoms with van der Waals surface area (Å²) >= 11 is 0. The number of nitrogens with zero attached hydrogens (tertiary/aromatic N) is 3. The fraction of sp³-hybridized carbons (Fsp3) is 0.450. The number of rotatable bonds is 2. The van der Waals surface area contributed by atoms with Crippen LogP contribution >= 0.6 is 0 Å². The fourth-order valence-corrected chi connectivity index (χ4v) is 4.03. The van der Waals surface area contributed by atoms with Crippen LogP contribution in [0.5, 0.6) is 0 Å². The monoisotopic (exact) mass is 352 g/mol. The minimum absolute atomic E-state index is 0.00156. The third kappa shape index (κ3) is 3.11. The van der Waals surface area contributed by atoms with Crippen molar-refractivity contribution in [3.8, 4) is 5.69 Å². The van der Waals surface area contributed by atoms with Crippen LogP contribution in [0.25, 0.3) is 5.69 Å². The molecule has 3 heterocycles. The second-order valence-corrected chi connectivity index (χ2v) is 7.43. The van der Waals surface area contributed by atoms with E-state index in [-0.39, 0.29) is 23.8 Å². The van der Waals surface area contributed by atoms with Crippen LogP contribution in [-0.4, -0.2) is 45.6 Å². The summed E-state index contributed by atoms with van der Waals surface area (Å²) in [5, 5.41) is 7.55. The summed E-state index contributed by atoms with van der Waals surface area (Å²) in [6, 6.07) is 9.66. The van der Waals surface area contributed by atoms with Gasteiger partial charge in [-0.2, -0.15) is 5.10 Å². The van der Waals surface area contributed by atoms with Crippen LogP contribution < -0.4 is 5.32 Å². The number of amides is 2. The fourth-order valence-electron chi connectivity index (χ4n) is 4.03. The lowest BCUT2D eigenvalue weighted by Crippen LogP contribution is -2.41. The first kappa shape index (κ1) is 16.8. The minimum Gasteiger partial charge on any atom is -0.351 e. The van der Waals surface area contributed by atoms with Crippen molar-refractivity contribution in [3.63, 3.8) is 0 Å². The number of carbonyl (C=O) groups excluding carboxylic acids is 2. The van der Waals surface area contributed by atoms with Gasteiger partial charge >= 0.3 is 0 Å². The Bertz CT molecular complexity index is 840. The summed E-state index contributed by atoms with van der Waals surface area (Å²) in [5.41, 5.74) is 3.63. The zero-order chi connectivity index (χ0) is 18.3. The highest BCUT2D eigenvalue weighted by Crippen LogP contribution is 2.23. The van der Waals surface area contributed by atoms with Gasteiger partial charge in [-0.05, 0) is 57.0 Å². The molecule has 2 aromatic rings. The Morgan fingerprint density at radius 3 is 2.62 bits per heavy atom. The van der Waals surface area contributed by atoms with E-state index in [1.807, 2.05) is 53.8 Å². The highest BCUT2D eigenvalue weighted by Gasteiger charge is 2.34. The first-order valence-corrected chi connectivity index (χ1v) is 9.24. The highest BCUT2D eigenvalue weighted by atomic mass is 16.2. The van der Waals surface area contributed by atoms with E-state index in [1.54, 1.807) is 0 Å². The summed E-state index contributed by atoms with van der Waals surface area (Å²) in [6.07, 6.45) is 2.86. The molecule has 0 saturated carbocycles. The van der Waals surface area contributed by atoms with Crippen LogP contribution in [0.1, 0.15) is 41.0 Å². The number of hydrogen-bond donors (Lipinski definition) is 1. The second-order valence-electron chi connectivity index (χ2n) is 7.43. The van der Waals surface area contributed by atoms with Crippen molar-refractivity contribution in [2.24, 2.45) is 5.92 Å². The number of aryl methyl sites for hydroxylation is 2. The molecule has 4 rings (SSSR count). The Labute approximate surface area is 153 Å². The number of likely N-dealkylation sites (tertiary alicyclic amines) is 1. The van der Waals surface area contributed by atoms with E-state index in [2.05, 4.69) is 10.4 Å². The molecule has 1 N–H and O–H groups in total. The number of fused-ring (bicyclic) bond motifs is 3. The van der Waals surface area contributed by atoms with Crippen LogP contribution in [0.15, 0.2) is 30.3 Å². The average molecular weight is 352 g/mol. The van der Waals surface area contributed by atoms with Crippen LogP contribution in [0.2, 0.25) is 0 Å². The van der Waals surface area contributed by atoms with Crippen molar-refractivity contribution in [2.45, 2.75) is 39.2 Å². The number of hydrogen-bond acceptors (Lipinski definition) is 3. The third-order valence-electron chi connectivity index (χ3n) is 5.36. The Kier molecular flexibility index (Phi) is 4.26. The maximum atomic E-state index is 13.0. The van der Waals surface area contributed by atoms with E-state index in [0.717, 1.165) is 36.3 Å². The SMILES string of the molecule is Cc1cc(C)n(-c2ccc(C(=O)N3C[C@@H]4CCC[C@@H](C3)C(=O)N4)cc2)n1. The van der Waals surface area contributed by atoms with Gasteiger partial charge in [-0.3, -0.25) is 9.59 Å². The van der Waals surface area contributed by atoms with Gasteiger partial charge < -0.3 is 10.2 Å². The van der Waals surface area contributed by atoms with Crippen LogP contribution in [0.4, 0.5) is 0 Å². The van der Waals surface area contributed by atoms with Crippen molar-refractivity contribution >= 4 is 11.8 Å². The molecule has 136 valence electrons. The molecule has 2 atom stereocenters. The van der Waals surface area contributed by atoms with Crippen molar-refractivity contribution in [2.75, 3.05) is 13.1 Å². The predicted molar refractivity (Wildman–Crippen MR) is 98.2 cm³/mol. The number of benzene rings is 1. The lowest BCUT2D eigenvalue weighted by Gasteiger charge is -2.27. The summed E-state index contributed by atoms with van der Waals surface area (Å²) in [4.78, 5) is 27.0. The molecule has 0 unspecified atom stereocenters. The molecule has 0 spiro atoms. The van der Waals surface area contributed by atoms with E-state index < -0.39 is 0 Å². The Morgan fingerprint density at radius 1 is 1.15 bits per heavy atom. The van der Waals surface area contributed by atoms with Gasteiger partial charge in [0.25, 0.3) is 5.91 Å². The Hall–Kier alpha value is -2.63. The zero-order valence-electron chi connectivity index (χ0n) is 15.2. The second kappa shape index (κ2) is 6.59. The largest absolute Gasteiger partial charge is 0.351 e. The molecule has 2 aliphatic rings. The van der Waals surface area contributed by atoms with E-state index in [4.69, 9.17) is 0 Å². The molecule has 2 aliphatic heterocycles. The van der Waals surface area contributed by atoms with Gasteiger partial charge in [0.1, 0.15) is 0 Å². The lowest BCUT2D eigenvalue weighted by molar-refractivity contribution is -0.124. The molecule has 1 aromatic heterocycles. The molecular formula is C20H24N4O2. The first-order valence-electron chi connectivity index (χ1n) is 9.24. The molecule has 2 saturated heterocycles. The normalized spacial score (nSPS) is 22.7. The Morgan fingerprint density at radius 2 is 1.92 bits per heavy atom. The van der Waals surface area contributed by atoms with E-state index in [1.165, 1.54) is 0 Å². The van der Waals surface area contributed by atoms with E-state index in [0.29, 0.717) is 18.7 Å². The number of aromatic nitrogens is 2. The van der Waals surface area contributed by atoms with Gasteiger partial charge in [-0.25, -0.2) is 4.68 Å². The molecule has 2 fully saturated rings. The zero-order valence-corrected chi connectivity index (χ0v) is 15.2. The van der Waals surface area contributed by atoms with Crippen molar-refractivity contribution < 1.29 is 9.59 Å². The van der Waals surface area contributed by atoms with Gasteiger partial charge in [0, 0.05) is 30.4 Å². The quantitative estimate of drug-likeness (QED) is 0.901. The van der Waals surface area contributed by atoms with Crippen LogP contribution in [-0.2, 0) is 4.79 Å². The van der Waals surface area contributed by atoms with Gasteiger partial charge in [0.2, 0.25) is 5.91 Å². The highest BCUT2D eigenvalue weighted by molar-refractivity contribution is 5.95. The number of carbonyl (C=O) groups is 2. The molecule has 26 heavy (non-hydrogen) atoms. The third-order valence-corrected chi connectivity index (χ3v) is 5.36. The first-order chi connectivity index (χ1) is 12.5. The van der Waals surface area contributed by atoms with Gasteiger partial charge in [-0.15, -0.1) is 0 Å². The maximum Gasteiger partial charge on any atom is 0.253 e. The van der Waals surface area contributed by atoms with Crippen molar-refractivity contribution in [1.29, 1.82) is 0 Å². The molecule has 0 radical (unpaired) electrons. The van der Waals surface area contributed by atoms with Crippen LogP contribution in [0, 0.1) is 19.8 Å². The topological polar surface area (TPSA) is 67.2 Å². The molecule has 6 heteroatoms. The molecule has 2 amide bonds. The molecule has 1 aromatic carbocycles. The van der Waals surface area contributed by atoms with Gasteiger partial charge in [0.05, 0.1) is 17.3 Å². The van der Waals surface area contributed by atoms with Crippen LogP contribution in [0.3, 0.4) is 0 Å². The summed E-state index contributed by atoms with van der Waals surface area (Å²) < 4.78 is 1.88. The standard InChI is InChI=1S/C20H24N4O2/c1-13-10-14(2)24(22-13)18-8-6-15(7-9-18)20(26)23-11-16-4-3-5-17(12-23)21-19(16)25/h6-10,16-17H,3-5,11-12H2,1-2H3,(H,21,25)/t16-,17-/m0/s1. The summed E-state index contributed by atoms with van der Waals surface area (Å²) in [7, 11) is 0. The summed E-state index contributed by atoms with van der Waals surface area (Å²) in [5.74, 6) is 0.0152. The van der Waals surface area contributed by atoms with E-state index in [9.17, 15) is 9.59 Å². The molecule has 2 bridgehead atoms. The van der Waals surface area contributed by atoms with Gasteiger partial charge in [-0.1, -0.05) is 6.42 Å². The van der Waals surface area contributed by atoms with Gasteiger partial charge in [0.15, 0.2) is 0 Å². The lowest BCUT2D eigenvalue weighted by atomic mass is 9.98. The molecule has 0 aliphatic carbocycles. The summed E-state index contributed by atoms with van der Waals surface area (Å²) in [6.45, 7) is 5.09. The minimum atomic E-state index is -0.0829.